The Morgan fingerprint density at radius 1 is 1.22 bits per heavy atom. The van der Waals surface area contributed by atoms with Crippen molar-refractivity contribution >= 4 is 17.5 Å². The summed E-state index contributed by atoms with van der Waals surface area (Å²) in [6.07, 6.45) is 1.01. The number of hydrogen-bond donors (Lipinski definition) is 0. The molecule has 0 aromatic carbocycles. The number of rotatable bonds is 7. The summed E-state index contributed by atoms with van der Waals surface area (Å²) in [5.74, 6) is -0.676. The molecule has 0 atom stereocenters. The van der Waals surface area contributed by atoms with Crippen molar-refractivity contribution in [1.82, 2.24) is 14.4 Å². The van der Waals surface area contributed by atoms with Gasteiger partial charge in [-0.1, -0.05) is 0 Å². The van der Waals surface area contributed by atoms with Crippen LogP contribution in [0.5, 0.6) is 0 Å². The zero-order valence-corrected chi connectivity index (χ0v) is 13.4. The first-order valence-electron chi connectivity index (χ1n) is 7.16. The summed E-state index contributed by atoms with van der Waals surface area (Å²) in [5.41, 5.74) is -0.799. The van der Waals surface area contributed by atoms with Gasteiger partial charge < -0.3 is 9.80 Å². The molecule has 1 rings (SSSR count). The second kappa shape index (κ2) is 8.06. The van der Waals surface area contributed by atoms with Crippen LogP contribution in [0.15, 0.2) is 23.1 Å². The third-order valence-corrected chi connectivity index (χ3v) is 3.40. The molecule has 0 aliphatic heterocycles. The summed E-state index contributed by atoms with van der Waals surface area (Å²) in [6.45, 7) is 4.30. The van der Waals surface area contributed by atoms with Gasteiger partial charge in [0.15, 0.2) is 0 Å². The highest BCUT2D eigenvalue weighted by molar-refractivity contribution is 5.84. The molecule has 1 aromatic rings. The topological polar surface area (TPSA) is 106 Å². The normalized spacial score (nSPS) is 10.2. The summed E-state index contributed by atoms with van der Waals surface area (Å²) in [6, 6.07) is 2.11. The van der Waals surface area contributed by atoms with E-state index in [1.54, 1.807) is 4.90 Å². The number of aromatic nitrogens is 1. The highest BCUT2D eigenvalue weighted by Gasteiger charge is 2.18. The monoisotopic (exact) mass is 324 g/mol. The molecule has 0 saturated heterocycles. The fraction of sp³-hybridized carbons (Fsp3) is 0.500. The minimum absolute atomic E-state index is 0.107. The van der Waals surface area contributed by atoms with Crippen LogP contribution in [0.25, 0.3) is 0 Å². The highest BCUT2D eigenvalue weighted by atomic mass is 16.6. The zero-order valence-electron chi connectivity index (χ0n) is 13.4. The van der Waals surface area contributed by atoms with E-state index in [4.69, 9.17) is 0 Å². The van der Waals surface area contributed by atoms with Gasteiger partial charge in [0.1, 0.15) is 6.54 Å². The Kier molecular flexibility index (Phi) is 6.43. The van der Waals surface area contributed by atoms with Gasteiger partial charge in [-0.25, -0.2) is 0 Å². The SMILES string of the molecule is CCN(CC)C(=O)CN(C)C(=O)Cn1cc([N+](=O)[O-])ccc1=O. The van der Waals surface area contributed by atoms with Gasteiger partial charge in [0.25, 0.3) is 11.2 Å². The van der Waals surface area contributed by atoms with Crippen molar-refractivity contribution < 1.29 is 14.5 Å². The second-order valence-corrected chi connectivity index (χ2v) is 4.93. The number of hydrogen-bond acceptors (Lipinski definition) is 5. The van der Waals surface area contributed by atoms with Crippen LogP contribution in [-0.2, 0) is 16.1 Å². The van der Waals surface area contributed by atoms with E-state index in [9.17, 15) is 24.5 Å². The molecule has 0 fully saturated rings. The summed E-state index contributed by atoms with van der Waals surface area (Å²) >= 11 is 0. The molecule has 0 unspecified atom stereocenters. The van der Waals surface area contributed by atoms with E-state index in [0.717, 1.165) is 22.9 Å². The predicted molar refractivity (Wildman–Crippen MR) is 82.9 cm³/mol. The van der Waals surface area contributed by atoms with Crippen LogP contribution in [0, 0.1) is 10.1 Å². The van der Waals surface area contributed by atoms with Crippen molar-refractivity contribution in [1.29, 1.82) is 0 Å². The van der Waals surface area contributed by atoms with E-state index >= 15 is 0 Å². The number of amides is 2. The molecule has 0 bridgehead atoms. The molecule has 23 heavy (non-hydrogen) atoms. The maximum atomic E-state index is 12.1. The van der Waals surface area contributed by atoms with Crippen LogP contribution < -0.4 is 5.56 Å². The Morgan fingerprint density at radius 2 is 1.83 bits per heavy atom. The lowest BCUT2D eigenvalue weighted by Gasteiger charge is -2.23. The average molecular weight is 324 g/mol. The van der Waals surface area contributed by atoms with E-state index in [1.807, 2.05) is 13.8 Å². The number of pyridine rings is 1. The van der Waals surface area contributed by atoms with Gasteiger partial charge in [-0.05, 0) is 13.8 Å². The van der Waals surface area contributed by atoms with E-state index in [2.05, 4.69) is 0 Å². The summed E-state index contributed by atoms with van der Waals surface area (Å²) in [4.78, 5) is 48.6. The molecule has 0 aliphatic rings. The summed E-state index contributed by atoms with van der Waals surface area (Å²) < 4.78 is 0.957. The molecular weight excluding hydrogens is 304 g/mol. The first-order chi connectivity index (χ1) is 10.8. The van der Waals surface area contributed by atoms with E-state index < -0.39 is 16.4 Å². The molecule has 1 aromatic heterocycles. The molecule has 0 saturated carbocycles. The molecule has 0 aliphatic carbocycles. The van der Waals surface area contributed by atoms with Gasteiger partial charge in [0, 0.05) is 32.3 Å². The standard InChI is InChI=1S/C14H20N4O5/c1-4-16(5-2)14(21)9-15(3)13(20)10-17-8-11(18(22)23)6-7-12(17)19/h6-8H,4-5,9-10H2,1-3H3. The molecule has 9 nitrogen and oxygen atoms in total. The lowest BCUT2D eigenvalue weighted by molar-refractivity contribution is -0.385. The zero-order chi connectivity index (χ0) is 17.6. The maximum Gasteiger partial charge on any atom is 0.285 e. The van der Waals surface area contributed by atoms with Crippen LogP contribution in [-0.4, -0.2) is 57.8 Å². The van der Waals surface area contributed by atoms with Crippen molar-refractivity contribution in [3.05, 3.63) is 38.8 Å². The molecule has 1 heterocycles. The van der Waals surface area contributed by atoms with Gasteiger partial charge in [-0.15, -0.1) is 0 Å². The van der Waals surface area contributed by atoms with Crippen molar-refractivity contribution in [2.24, 2.45) is 0 Å². The fourth-order valence-corrected chi connectivity index (χ4v) is 1.98. The molecule has 0 N–H and O–H groups in total. The Hall–Kier alpha value is -2.71. The Balaban J connectivity index is 2.79. The van der Waals surface area contributed by atoms with Crippen LogP contribution in [0.2, 0.25) is 0 Å². The number of carbonyl (C=O) groups excluding carboxylic acids is 2. The first kappa shape index (κ1) is 18.3. The van der Waals surface area contributed by atoms with Gasteiger partial charge in [-0.3, -0.25) is 29.1 Å². The number of nitro groups is 1. The number of likely N-dealkylation sites (N-methyl/N-ethyl adjacent to an activating group) is 2. The maximum absolute atomic E-state index is 12.1. The van der Waals surface area contributed by atoms with Crippen LogP contribution in [0.4, 0.5) is 5.69 Å². The molecule has 0 spiro atoms. The smallest absolute Gasteiger partial charge is 0.285 e. The molecule has 0 radical (unpaired) electrons. The number of carbonyl (C=O) groups is 2. The van der Waals surface area contributed by atoms with Gasteiger partial charge in [0.05, 0.1) is 17.7 Å². The Labute approximate surface area is 133 Å². The van der Waals surface area contributed by atoms with Crippen molar-refractivity contribution in [3.8, 4) is 0 Å². The second-order valence-electron chi connectivity index (χ2n) is 4.93. The summed E-state index contributed by atoms with van der Waals surface area (Å²) in [7, 11) is 1.45. The minimum atomic E-state index is -0.645. The molecule has 126 valence electrons. The van der Waals surface area contributed by atoms with E-state index in [1.165, 1.54) is 11.9 Å². The van der Waals surface area contributed by atoms with Crippen molar-refractivity contribution in [3.63, 3.8) is 0 Å². The van der Waals surface area contributed by atoms with Gasteiger partial charge >= 0.3 is 0 Å². The number of nitrogens with zero attached hydrogens (tertiary/aromatic N) is 4. The minimum Gasteiger partial charge on any atom is -0.342 e. The lowest BCUT2D eigenvalue weighted by atomic mass is 10.3. The lowest BCUT2D eigenvalue weighted by Crippen LogP contribution is -2.42. The third-order valence-electron chi connectivity index (χ3n) is 3.40. The highest BCUT2D eigenvalue weighted by Crippen LogP contribution is 2.06. The molecular formula is C14H20N4O5. The Morgan fingerprint density at radius 3 is 2.35 bits per heavy atom. The average Bonchev–Trinajstić information content (AvgIpc) is 2.50. The molecule has 2 amide bonds. The first-order valence-corrected chi connectivity index (χ1v) is 7.16. The molecule has 9 heteroatoms. The van der Waals surface area contributed by atoms with Crippen LogP contribution in [0.3, 0.4) is 0 Å². The van der Waals surface area contributed by atoms with Gasteiger partial charge in [0.2, 0.25) is 11.8 Å². The Bertz CT molecular complexity index is 651. The van der Waals surface area contributed by atoms with E-state index in [0.29, 0.717) is 13.1 Å². The summed E-state index contributed by atoms with van der Waals surface area (Å²) in [5, 5.41) is 10.7. The van der Waals surface area contributed by atoms with Crippen molar-refractivity contribution in [2.75, 3.05) is 26.7 Å². The van der Waals surface area contributed by atoms with Crippen LogP contribution >= 0.6 is 0 Å². The predicted octanol–water partition coefficient (Wildman–Crippen LogP) is 0.0833. The van der Waals surface area contributed by atoms with Crippen molar-refractivity contribution in [2.45, 2.75) is 20.4 Å². The fourth-order valence-electron chi connectivity index (χ4n) is 1.98. The van der Waals surface area contributed by atoms with Gasteiger partial charge in [-0.2, -0.15) is 0 Å². The quantitative estimate of drug-likeness (QED) is 0.522. The van der Waals surface area contributed by atoms with Crippen LogP contribution in [0.1, 0.15) is 13.8 Å². The third kappa shape index (κ3) is 4.90. The largest absolute Gasteiger partial charge is 0.342 e. The van der Waals surface area contributed by atoms with E-state index in [-0.39, 0.29) is 24.7 Å².